The molecule has 0 saturated carbocycles. The maximum atomic E-state index is 13.0. The van der Waals surface area contributed by atoms with Crippen molar-refractivity contribution in [3.63, 3.8) is 0 Å². The molecule has 1 aromatic heterocycles. The molecule has 128 valence electrons. The zero-order valence-electron chi connectivity index (χ0n) is 13.2. The summed E-state index contributed by atoms with van der Waals surface area (Å²) in [5, 5.41) is 5.38. The number of alkyl halides is 3. The van der Waals surface area contributed by atoms with Gasteiger partial charge in [-0.25, -0.2) is 4.98 Å². The normalized spacial score (nSPS) is 11.2. The van der Waals surface area contributed by atoms with Gasteiger partial charge in [0.25, 0.3) is 5.91 Å². The van der Waals surface area contributed by atoms with Crippen LogP contribution in [-0.2, 0) is 6.18 Å². The lowest BCUT2D eigenvalue weighted by Gasteiger charge is -2.13. The summed E-state index contributed by atoms with van der Waals surface area (Å²) < 4.78 is 38.9. The fraction of sp³-hybridized carbons (Fsp3) is 0.294. The zero-order valence-corrected chi connectivity index (χ0v) is 13.2. The first-order chi connectivity index (χ1) is 11.4. The second-order valence-corrected chi connectivity index (χ2v) is 5.21. The van der Waals surface area contributed by atoms with Crippen LogP contribution in [0.1, 0.15) is 35.7 Å². The fourth-order valence-corrected chi connectivity index (χ4v) is 2.10. The molecule has 0 aliphatic rings. The van der Waals surface area contributed by atoms with Crippen molar-refractivity contribution in [2.45, 2.75) is 25.9 Å². The van der Waals surface area contributed by atoms with Crippen LogP contribution in [0.3, 0.4) is 0 Å². The number of hydrogen-bond acceptors (Lipinski definition) is 3. The van der Waals surface area contributed by atoms with E-state index in [1.165, 1.54) is 36.5 Å². The highest BCUT2D eigenvalue weighted by Crippen LogP contribution is 2.34. The molecule has 2 N–H and O–H groups in total. The van der Waals surface area contributed by atoms with Crippen LogP contribution in [0.2, 0.25) is 0 Å². The average molecular weight is 337 g/mol. The molecule has 24 heavy (non-hydrogen) atoms. The Labute approximate surface area is 138 Å². The first-order valence-electron chi connectivity index (χ1n) is 7.59. The van der Waals surface area contributed by atoms with E-state index in [-0.39, 0.29) is 11.3 Å². The van der Waals surface area contributed by atoms with Crippen LogP contribution < -0.4 is 10.6 Å². The van der Waals surface area contributed by atoms with E-state index in [0.717, 1.165) is 18.9 Å². The largest absolute Gasteiger partial charge is 0.418 e. The Hall–Kier alpha value is -2.57. The van der Waals surface area contributed by atoms with E-state index in [2.05, 4.69) is 22.5 Å². The van der Waals surface area contributed by atoms with Crippen molar-refractivity contribution in [2.75, 3.05) is 17.2 Å². The molecule has 0 unspecified atom stereocenters. The van der Waals surface area contributed by atoms with Gasteiger partial charge in [-0.05, 0) is 30.7 Å². The number of nitrogens with one attached hydrogen (secondary N) is 2. The number of rotatable bonds is 6. The number of hydrogen-bond donors (Lipinski definition) is 2. The lowest BCUT2D eigenvalue weighted by atomic mass is 10.1. The molecular weight excluding hydrogens is 319 g/mol. The number of anilines is 2. The maximum absolute atomic E-state index is 13.0. The highest BCUT2D eigenvalue weighted by atomic mass is 19.4. The van der Waals surface area contributed by atoms with Crippen LogP contribution in [0.4, 0.5) is 24.7 Å². The molecule has 0 radical (unpaired) electrons. The average Bonchev–Trinajstić information content (AvgIpc) is 2.55. The number of unbranched alkanes of at least 4 members (excludes halogenated alkanes) is 1. The molecule has 0 aliphatic heterocycles. The molecule has 2 rings (SSSR count). The Morgan fingerprint density at radius 3 is 2.67 bits per heavy atom. The monoisotopic (exact) mass is 337 g/mol. The summed E-state index contributed by atoms with van der Waals surface area (Å²) in [6, 6.07) is 7.84. The van der Waals surface area contributed by atoms with Gasteiger partial charge in [-0.2, -0.15) is 13.2 Å². The Morgan fingerprint density at radius 2 is 1.96 bits per heavy atom. The van der Waals surface area contributed by atoms with E-state index in [0.29, 0.717) is 12.4 Å². The van der Waals surface area contributed by atoms with Gasteiger partial charge in [0.2, 0.25) is 0 Å². The SMILES string of the molecule is CCCCNc1cc(C(=O)Nc2ccccc2C(F)(F)F)ccn1. The predicted octanol–water partition coefficient (Wildman–Crippen LogP) is 4.56. The molecule has 0 fully saturated rings. The Balaban J connectivity index is 2.15. The Kier molecular flexibility index (Phi) is 5.78. The lowest BCUT2D eigenvalue weighted by Crippen LogP contribution is -2.17. The lowest BCUT2D eigenvalue weighted by molar-refractivity contribution is -0.136. The second kappa shape index (κ2) is 7.81. The smallest absolute Gasteiger partial charge is 0.370 e. The van der Waals surface area contributed by atoms with E-state index in [4.69, 9.17) is 0 Å². The van der Waals surface area contributed by atoms with Crippen molar-refractivity contribution >= 4 is 17.4 Å². The number of halogens is 3. The van der Waals surface area contributed by atoms with Gasteiger partial charge < -0.3 is 10.6 Å². The Bertz CT molecular complexity index is 701. The maximum Gasteiger partial charge on any atom is 0.418 e. The van der Waals surface area contributed by atoms with Crippen LogP contribution in [0.25, 0.3) is 0 Å². The van der Waals surface area contributed by atoms with Gasteiger partial charge in [0.15, 0.2) is 0 Å². The minimum absolute atomic E-state index is 0.237. The molecule has 0 bridgehead atoms. The summed E-state index contributed by atoms with van der Waals surface area (Å²) in [5.41, 5.74) is -0.915. The molecule has 0 spiro atoms. The summed E-state index contributed by atoms with van der Waals surface area (Å²) in [7, 11) is 0. The number of carbonyl (C=O) groups excluding carboxylic acids is 1. The quantitative estimate of drug-likeness (QED) is 0.760. The second-order valence-electron chi connectivity index (χ2n) is 5.21. The van der Waals surface area contributed by atoms with Gasteiger partial charge in [0.1, 0.15) is 5.82 Å². The van der Waals surface area contributed by atoms with Gasteiger partial charge in [-0.1, -0.05) is 25.5 Å². The summed E-state index contributed by atoms with van der Waals surface area (Å²) in [4.78, 5) is 16.3. The number of aromatic nitrogens is 1. The summed E-state index contributed by atoms with van der Waals surface area (Å²) >= 11 is 0. The predicted molar refractivity (Wildman–Crippen MR) is 87.0 cm³/mol. The first kappa shape index (κ1) is 17.8. The van der Waals surface area contributed by atoms with Gasteiger partial charge in [0.05, 0.1) is 11.3 Å². The molecule has 0 atom stereocenters. The molecule has 1 amide bonds. The highest BCUT2D eigenvalue weighted by molar-refractivity contribution is 6.05. The van der Waals surface area contributed by atoms with Crippen molar-refractivity contribution in [1.82, 2.24) is 4.98 Å². The van der Waals surface area contributed by atoms with Crippen molar-refractivity contribution in [2.24, 2.45) is 0 Å². The molecule has 1 aromatic carbocycles. The zero-order chi connectivity index (χ0) is 17.6. The van der Waals surface area contributed by atoms with Crippen molar-refractivity contribution in [1.29, 1.82) is 0 Å². The van der Waals surface area contributed by atoms with Crippen LogP contribution >= 0.6 is 0 Å². The Morgan fingerprint density at radius 1 is 1.21 bits per heavy atom. The number of para-hydroxylation sites is 1. The molecule has 0 saturated heterocycles. The molecule has 2 aromatic rings. The number of benzene rings is 1. The van der Waals surface area contributed by atoms with Crippen molar-refractivity contribution in [3.05, 3.63) is 53.7 Å². The summed E-state index contributed by atoms with van der Waals surface area (Å²) in [6.45, 7) is 2.77. The van der Waals surface area contributed by atoms with Gasteiger partial charge in [-0.15, -0.1) is 0 Å². The minimum atomic E-state index is -4.53. The highest BCUT2D eigenvalue weighted by Gasteiger charge is 2.33. The molecule has 0 aliphatic carbocycles. The third-order valence-electron chi connectivity index (χ3n) is 3.34. The number of amides is 1. The first-order valence-corrected chi connectivity index (χ1v) is 7.59. The standard InChI is InChI=1S/C17H18F3N3O/c1-2-3-9-21-15-11-12(8-10-22-15)16(24)23-14-7-5-4-6-13(14)17(18,19)20/h4-8,10-11H,2-3,9H2,1H3,(H,21,22)(H,23,24). The molecule has 4 nitrogen and oxygen atoms in total. The summed E-state index contributed by atoms with van der Waals surface area (Å²) in [6.07, 6.45) is -1.12. The number of pyridine rings is 1. The number of carbonyl (C=O) groups is 1. The van der Waals surface area contributed by atoms with Gasteiger partial charge in [-0.3, -0.25) is 4.79 Å². The van der Waals surface area contributed by atoms with E-state index < -0.39 is 17.6 Å². The third-order valence-corrected chi connectivity index (χ3v) is 3.34. The number of nitrogens with zero attached hydrogens (tertiary/aromatic N) is 1. The van der Waals surface area contributed by atoms with Crippen molar-refractivity contribution < 1.29 is 18.0 Å². The van der Waals surface area contributed by atoms with Crippen LogP contribution in [-0.4, -0.2) is 17.4 Å². The molecule has 7 heteroatoms. The van der Waals surface area contributed by atoms with E-state index in [1.54, 1.807) is 0 Å². The van der Waals surface area contributed by atoms with E-state index >= 15 is 0 Å². The van der Waals surface area contributed by atoms with Crippen LogP contribution in [0.5, 0.6) is 0 Å². The van der Waals surface area contributed by atoms with Gasteiger partial charge in [0, 0.05) is 18.3 Å². The fourth-order valence-electron chi connectivity index (χ4n) is 2.10. The summed E-state index contributed by atoms with van der Waals surface area (Å²) in [5.74, 6) is -0.104. The van der Waals surface area contributed by atoms with Crippen LogP contribution in [0.15, 0.2) is 42.6 Å². The van der Waals surface area contributed by atoms with Crippen molar-refractivity contribution in [3.8, 4) is 0 Å². The molecular formula is C17H18F3N3O. The molecule has 1 heterocycles. The van der Waals surface area contributed by atoms with Crippen LogP contribution in [0, 0.1) is 0 Å². The minimum Gasteiger partial charge on any atom is -0.370 e. The van der Waals surface area contributed by atoms with E-state index in [9.17, 15) is 18.0 Å². The van der Waals surface area contributed by atoms with Gasteiger partial charge >= 0.3 is 6.18 Å². The third kappa shape index (κ3) is 4.71. The van der Waals surface area contributed by atoms with E-state index in [1.807, 2.05) is 0 Å². The topological polar surface area (TPSA) is 54.0 Å².